The molecule has 2 amide bonds. The number of methoxy groups -OCH3 is 1. The Hall–Kier alpha value is -1.83. The van der Waals surface area contributed by atoms with E-state index in [1.54, 1.807) is 25.1 Å². The molecule has 9 heteroatoms. The van der Waals surface area contributed by atoms with Gasteiger partial charge in [-0.1, -0.05) is 23.2 Å². The van der Waals surface area contributed by atoms with Gasteiger partial charge in [0.05, 0.1) is 18.5 Å². The maximum Gasteiger partial charge on any atom is 0.272 e. The normalized spacial score (nSPS) is 16.8. The molecular weight excluding hydrogens is 361 g/mol. The molecule has 0 aliphatic carbocycles. The number of amides is 2. The number of nitrogens with zero attached hydrogens (tertiary/aromatic N) is 2. The van der Waals surface area contributed by atoms with Gasteiger partial charge in [0.2, 0.25) is 5.91 Å². The summed E-state index contributed by atoms with van der Waals surface area (Å²) in [7, 11) is 1.53. The van der Waals surface area contributed by atoms with Gasteiger partial charge in [-0.3, -0.25) is 14.5 Å². The van der Waals surface area contributed by atoms with Crippen LogP contribution in [-0.4, -0.2) is 29.3 Å². The van der Waals surface area contributed by atoms with Crippen molar-refractivity contribution in [2.75, 3.05) is 17.3 Å². The van der Waals surface area contributed by atoms with Gasteiger partial charge in [-0.2, -0.15) is 4.37 Å². The fourth-order valence-electron chi connectivity index (χ4n) is 2.29. The molecule has 1 aromatic heterocycles. The highest BCUT2D eigenvalue weighted by molar-refractivity contribution is 7.09. The lowest BCUT2D eigenvalue weighted by atomic mass is 10.1. The average Bonchev–Trinajstić information content (AvgIpc) is 2.87. The van der Waals surface area contributed by atoms with E-state index in [4.69, 9.17) is 27.9 Å². The first kappa shape index (κ1) is 16.0. The lowest BCUT2D eigenvalue weighted by molar-refractivity contribution is -0.117. The predicted molar refractivity (Wildman–Crippen MR) is 90.0 cm³/mol. The van der Waals surface area contributed by atoms with Gasteiger partial charge in [0.1, 0.15) is 21.7 Å². The highest BCUT2D eigenvalue weighted by Crippen LogP contribution is 2.38. The van der Waals surface area contributed by atoms with E-state index in [1.165, 1.54) is 12.0 Å². The second kappa shape index (κ2) is 5.99. The maximum absolute atomic E-state index is 12.9. The third-order valence-electron chi connectivity index (χ3n) is 3.50. The zero-order chi connectivity index (χ0) is 16.7. The van der Waals surface area contributed by atoms with Crippen LogP contribution in [0.25, 0.3) is 0 Å². The van der Waals surface area contributed by atoms with Crippen molar-refractivity contribution >= 4 is 57.9 Å². The molecule has 0 bridgehead atoms. The van der Waals surface area contributed by atoms with Crippen molar-refractivity contribution in [3.8, 4) is 5.75 Å². The molecule has 6 nitrogen and oxygen atoms in total. The lowest BCUT2D eigenvalue weighted by Gasteiger charge is -2.34. The Morgan fingerprint density at radius 1 is 1.43 bits per heavy atom. The van der Waals surface area contributed by atoms with Crippen LogP contribution in [-0.2, 0) is 4.79 Å². The van der Waals surface area contributed by atoms with E-state index < -0.39 is 11.9 Å². The molecule has 0 spiro atoms. The molecule has 1 N–H and O–H groups in total. The summed E-state index contributed by atoms with van der Waals surface area (Å²) in [5, 5.41) is 2.91. The number of carbonyl (C=O) groups excluding carboxylic acids is 2. The van der Waals surface area contributed by atoms with Gasteiger partial charge in [-0.25, -0.2) is 0 Å². The van der Waals surface area contributed by atoms with Crippen molar-refractivity contribution in [2.24, 2.45) is 0 Å². The van der Waals surface area contributed by atoms with Gasteiger partial charge in [0.25, 0.3) is 5.91 Å². The predicted octanol–water partition coefficient (Wildman–Crippen LogP) is 3.45. The van der Waals surface area contributed by atoms with E-state index >= 15 is 0 Å². The van der Waals surface area contributed by atoms with E-state index in [0.717, 1.165) is 11.5 Å². The Kier molecular flexibility index (Phi) is 4.18. The third-order valence-corrected chi connectivity index (χ3v) is 5.29. The molecule has 1 unspecified atom stereocenters. The molecule has 0 saturated heterocycles. The highest BCUT2D eigenvalue weighted by Gasteiger charge is 2.36. The first-order valence-corrected chi connectivity index (χ1v) is 8.10. The fraction of sp³-hybridized carbons (Fsp3) is 0.214. The molecule has 3 rings (SSSR count). The number of ether oxygens (including phenoxy) is 1. The molecule has 2 aromatic rings. The van der Waals surface area contributed by atoms with Crippen LogP contribution in [0.15, 0.2) is 18.2 Å². The number of hydrogen-bond acceptors (Lipinski definition) is 5. The number of carbonyl (C=O) groups is 2. The quantitative estimate of drug-likeness (QED) is 0.877. The van der Waals surface area contributed by atoms with Crippen molar-refractivity contribution < 1.29 is 14.3 Å². The van der Waals surface area contributed by atoms with Crippen molar-refractivity contribution in [1.29, 1.82) is 0 Å². The fourth-order valence-corrected chi connectivity index (χ4v) is 3.44. The summed E-state index contributed by atoms with van der Waals surface area (Å²) in [6.07, 6.45) is 0. The number of rotatable bonds is 2. The lowest BCUT2D eigenvalue weighted by Crippen LogP contribution is -2.49. The topological polar surface area (TPSA) is 71.5 Å². The van der Waals surface area contributed by atoms with Crippen LogP contribution in [0.4, 0.5) is 11.4 Å². The average molecular weight is 372 g/mol. The Bertz CT molecular complexity index is 809. The summed E-state index contributed by atoms with van der Waals surface area (Å²) >= 11 is 12.8. The zero-order valence-electron chi connectivity index (χ0n) is 12.1. The van der Waals surface area contributed by atoms with Crippen LogP contribution >= 0.6 is 34.7 Å². The molecule has 23 heavy (non-hydrogen) atoms. The summed E-state index contributed by atoms with van der Waals surface area (Å²) in [4.78, 5) is 26.6. The van der Waals surface area contributed by atoms with Crippen LogP contribution in [0.3, 0.4) is 0 Å². The van der Waals surface area contributed by atoms with E-state index in [0.29, 0.717) is 17.1 Å². The number of benzene rings is 1. The largest absolute Gasteiger partial charge is 0.497 e. The molecular formula is C14H11Cl2N3O3S. The third kappa shape index (κ3) is 2.65. The standard InChI is InChI=1S/C14H11Cl2N3O3S/c1-6-13(20)17-8-4-3-7(22-2)5-9(8)19(6)14(21)11-10(15)12(16)18-23-11/h3-6H,1-2H3,(H,17,20). The maximum atomic E-state index is 12.9. The number of fused-ring (bicyclic) bond motifs is 1. The Labute approximate surface area is 146 Å². The summed E-state index contributed by atoms with van der Waals surface area (Å²) in [6, 6.07) is 4.35. The highest BCUT2D eigenvalue weighted by atomic mass is 35.5. The molecule has 120 valence electrons. The molecule has 0 saturated carbocycles. The van der Waals surface area contributed by atoms with E-state index in [1.807, 2.05) is 0 Å². The number of halogens is 2. The van der Waals surface area contributed by atoms with Gasteiger partial charge in [-0.05, 0) is 30.6 Å². The molecule has 1 atom stereocenters. The number of nitrogens with one attached hydrogen (secondary N) is 1. The minimum atomic E-state index is -0.709. The van der Waals surface area contributed by atoms with Gasteiger partial charge >= 0.3 is 0 Å². The van der Waals surface area contributed by atoms with Gasteiger partial charge in [-0.15, -0.1) is 0 Å². The second-order valence-electron chi connectivity index (χ2n) is 4.84. The van der Waals surface area contributed by atoms with Crippen LogP contribution in [0.1, 0.15) is 16.6 Å². The molecule has 0 radical (unpaired) electrons. The smallest absolute Gasteiger partial charge is 0.272 e. The Balaban J connectivity index is 2.12. The second-order valence-corrected chi connectivity index (χ2v) is 6.35. The molecule has 2 heterocycles. The number of hydrogen-bond donors (Lipinski definition) is 1. The Morgan fingerprint density at radius 3 is 2.78 bits per heavy atom. The van der Waals surface area contributed by atoms with Crippen LogP contribution in [0.2, 0.25) is 10.2 Å². The molecule has 1 aliphatic rings. The van der Waals surface area contributed by atoms with Crippen LogP contribution in [0.5, 0.6) is 5.75 Å². The number of aromatic nitrogens is 1. The van der Waals surface area contributed by atoms with Crippen molar-refractivity contribution in [1.82, 2.24) is 4.37 Å². The first-order valence-electron chi connectivity index (χ1n) is 6.57. The van der Waals surface area contributed by atoms with Crippen molar-refractivity contribution in [3.05, 3.63) is 33.3 Å². The van der Waals surface area contributed by atoms with E-state index in [-0.39, 0.29) is 21.0 Å². The number of anilines is 2. The molecule has 1 aliphatic heterocycles. The summed E-state index contributed by atoms with van der Waals surface area (Å²) < 4.78 is 9.06. The van der Waals surface area contributed by atoms with Crippen LogP contribution < -0.4 is 15.0 Å². The molecule has 0 fully saturated rings. The van der Waals surface area contributed by atoms with E-state index in [2.05, 4.69) is 9.69 Å². The first-order chi connectivity index (χ1) is 10.9. The summed E-state index contributed by atoms with van der Waals surface area (Å²) in [6.45, 7) is 1.63. The Morgan fingerprint density at radius 2 is 2.17 bits per heavy atom. The van der Waals surface area contributed by atoms with Gasteiger partial charge in [0, 0.05) is 6.07 Å². The van der Waals surface area contributed by atoms with Crippen molar-refractivity contribution in [3.63, 3.8) is 0 Å². The SMILES string of the molecule is COc1ccc2c(c1)N(C(=O)c1snc(Cl)c1Cl)C(C)C(=O)N2. The minimum Gasteiger partial charge on any atom is -0.497 e. The van der Waals surface area contributed by atoms with Crippen LogP contribution in [0, 0.1) is 0 Å². The minimum absolute atomic E-state index is 0.0694. The molecule has 1 aromatic carbocycles. The zero-order valence-corrected chi connectivity index (χ0v) is 14.4. The van der Waals surface area contributed by atoms with E-state index in [9.17, 15) is 9.59 Å². The summed E-state index contributed by atoms with van der Waals surface area (Å²) in [5.41, 5.74) is 1.05. The van der Waals surface area contributed by atoms with Gasteiger partial charge in [0.15, 0.2) is 5.15 Å². The van der Waals surface area contributed by atoms with Crippen molar-refractivity contribution in [2.45, 2.75) is 13.0 Å². The summed E-state index contributed by atoms with van der Waals surface area (Å²) in [5.74, 6) is -0.155. The van der Waals surface area contributed by atoms with Gasteiger partial charge < -0.3 is 10.1 Å². The monoisotopic (exact) mass is 371 g/mol.